The van der Waals surface area contributed by atoms with E-state index in [-0.39, 0.29) is 0 Å². The summed E-state index contributed by atoms with van der Waals surface area (Å²) < 4.78 is 7.69. The molecule has 1 heterocycles. The average Bonchev–Trinajstić information content (AvgIpc) is 3.22. The van der Waals surface area contributed by atoms with Crippen LogP contribution >= 0.6 is 0 Å². The number of aromatic nitrogens is 2. The molecule has 136 valence electrons. The van der Waals surface area contributed by atoms with Gasteiger partial charge in [-0.15, -0.1) is 0 Å². The SMILES string of the molecule is COc1ccc2ccccc2c1CNCc1ccccc1Cn1ccnc1. The first-order chi connectivity index (χ1) is 13.3. The molecule has 0 bridgehead atoms. The molecule has 0 aliphatic rings. The third kappa shape index (κ3) is 3.86. The molecule has 0 atom stereocenters. The Morgan fingerprint density at radius 1 is 0.926 bits per heavy atom. The van der Waals surface area contributed by atoms with E-state index in [1.165, 1.54) is 27.5 Å². The van der Waals surface area contributed by atoms with E-state index in [2.05, 4.69) is 69.5 Å². The molecule has 3 aromatic carbocycles. The fourth-order valence-electron chi connectivity index (χ4n) is 3.47. The molecule has 27 heavy (non-hydrogen) atoms. The normalized spacial score (nSPS) is 11.0. The van der Waals surface area contributed by atoms with Crippen LogP contribution in [0.4, 0.5) is 0 Å². The van der Waals surface area contributed by atoms with Gasteiger partial charge in [0.1, 0.15) is 5.75 Å². The number of ether oxygens (including phenoxy) is 1. The first-order valence-electron chi connectivity index (χ1n) is 9.13. The van der Waals surface area contributed by atoms with Crippen molar-refractivity contribution in [1.29, 1.82) is 0 Å². The van der Waals surface area contributed by atoms with Crippen molar-refractivity contribution in [1.82, 2.24) is 14.9 Å². The number of hydrogen-bond acceptors (Lipinski definition) is 3. The van der Waals surface area contributed by atoms with Gasteiger partial charge in [-0.1, -0.05) is 54.6 Å². The predicted molar refractivity (Wildman–Crippen MR) is 109 cm³/mol. The van der Waals surface area contributed by atoms with Crippen LogP contribution in [0.1, 0.15) is 16.7 Å². The fourth-order valence-corrected chi connectivity index (χ4v) is 3.47. The zero-order valence-corrected chi connectivity index (χ0v) is 15.4. The summed E-state index contributed by atoms with van der Waals surface area (Å²) >= 11 is 0. The molecule has 1 aromatic heterocycles. The summed E-state index contributed by atoms with van der Waals surface area (Å²) in [7, 11) is 1.73. The minimum absolute atomic E-state index is 0.754. The van der Waals surface area contributed by atoms with Gasteiger partial charge in [0.25, 0.3) is 0 Å². The van der Waals surface area contributed by atoms with Gasteiger partial charge in [-0.05, 0) is 28.0 Å². The van der Waals surface area contributed by atoms with Crippen LogP contribution in [-0.2, 0) is 19.6 Å². The zero-order chi connectivity index (χ0) is 18.5. The van der Waals surface area contributed by atoms with Gasteiger partial charge in [-0.2, -0.15) is 0 Å². The standard InChI is InChI=1S/C23H23N3O/c1-27-23-11-10-18-6-4-5-9-21(18)22(23)15-25-14-19-7-2-3-8-20(19)16-26-13-12-24-17-26/h2-13,17,25H,14-16H2,1H3. The molecule has 0 amide bonds. The lowest BCUT2D eigenvalue weighted by atomic mass is 10.0. The van der Waals surface area contributed by atoms with Crippen LogP contribution in [0.15, 0.2) is 79.4 Å². The van der Waals surface area contributed by atoms with E-state index in [0.717, 1.165) is 25.4 Å². The van der Waals surface area contributed by atoms with Crippen LogP contribution < -0.4 is 10.1 Å². The van der Waals surface area contributed by atoms with Gasteiger partial charge in [0, 0.05) is 37.6 Å². The Kier molecular flexibility index (Phi) is 5.17. The first kappa shape index (κ1) is 17.3. The van der Waals surface area contributed by atoms with Crippen LogP contribution in [-0.4, -0.2) is 16.7 Å². The van der Waals surface area contributed by atoms with E-state index in [9.17, 15) is 0 Å². The Morgan fingerprint density at radius 3 is 2.56 bits per heavy atom. The molecule has 0 saturated carbocycles. The Balaban J connectivity index is 1.52. The topological polar surface area (TPSA) is 39.1 Å². The second-order valence-electron chi connectivity index (χ2n) is 6.57. The van der Waals surface area contributed by atoms with E-state index < -0.39 is 0 Å². The van der Waals surface area contributed by atoms with Crippen LogP contribution in [0.2, 0.25) is 0 Å². The van der Waals surface area contributed by atoms with Crippen LogP contribution in [0.25, 0.3) is 10.8 Å². The lowest BCUT2D eigenvalue weighted by molar-refractivity contribution is 0.408. The lowest BCUT2D eigenvalue weighted by Gasteiger charge is -2.15. The van der Waals surface area contributed by atoms with E-state index in [1.807, 2.05) is 24.8 Å². The molecule has 0 aliphatic heterocycles. The molecule has 0 fully saturated rings. The minimum Gasteiger partial charge on any atom is -0.496 e. The molecule has 0 unspecified atom stereocenters. The Morgan fingerprint density at radius 2 is 1.74 bits per heavy atom. The molecule has 0 spiro atoms. The maximum Gasteiger partial charge on any atom is 0.123 e. The Bertz CT molecular complexity index is 1020. The summed E-state index contributed by atoms with van der Waals surface area (Å²) in [5.41, 5.74) is 3.79. The smallest absolute Gasteiger partial charge is 0.123 e. The van der Waals surface area contributed by atoms with Crippen molar-refractivity contribution in [3.8, 4) is 5.75 Å². The van der Waals surface area contributed by atoms with Gasteiger partial charge in [0.15, 0.2) is 0 Å². The van der Waals surface area contributed by atoms with Gasteiger partial charge in [0.2, 0.25) is 0 Å². The second kappa shape index (κ2) is 8.06. The highest BCUT2D eigenvalue weighted by Gasteiger charge is 2.09. The molecule has 4 aromatic rings. The van der Waals surface area contributed by atoms with Crippen molar-refractivity contribution in [2.75, 3.05) is 7.11 Å². The van der Waals surface area contributed by atoms with Crippen molar-refractivity contribution in [3.05, 3.63) is 96.1 Å². The molecule has 4 nitrogen and oxygen atoms in total. The number of methoxy groups -OCH3 is 1. The summed E-state index contributed by atoms with van der Waals surface area (Å²) in [5, 5.41) is 6.06. The van der Waals surface area contributed by atoms with E-state index in [1.54, 1.807) is 7.11 Å². The van der Waals surface area contributed by atoms with Crippen LogP contribution in [0.5, 0.6) is 5.75 Å². The van der Waals surface area contributed by atoms with Gasteiger partial charge in [-0.25, -0.2) is 4.98 Å². The number of fused-ring (bicyclic) bond motifs is 1. The number of rotatable bonds is 7. The molecular weight excluding hydrogens is 334 g/mol. The van der Waals surface area contributed by atoms with Crippen molar-refractivity contribution in [2.45, 2.75) is 19.6 Å². The number of nitrogens with one attached hydrogen (secondary N) is 1. The van der Waals surface area contributed by atoms with Crippen molar-refractivity contribution in [3.63, 3.8) is 0 Å². The number of nitrogens with zero attached hydrogens (tertiary/aromatic N) is 2. The first-order valence-corrected chi connectivity index (χ1v) is 9.13. The largest absolute Gasteiger partial charge is 0.496 e. The van der Waals surface area contributed by atoms with E-state index in [4.69, 9.17) is 4.74 Å². The quantitative estimate of drug-likeness (QED) is 0.533. The Hall–Kier alpha value is -3.11. The summed E-state index contributed by atoms with van der Waals surface area (Å²) in [6.07, 6.45) is 5.66. The molecule has 4 rings (SSSR count). The highest BCUT2D eigenvalue weighted by molar-refractivity contribution is 5.87. The molecular formula is C23H23N3O. The minimum atomic E-state index is 0.754. The van der Waals surface area contributed by atoms with Crippen molar-refractivity contribution < 1.29 is 4.74 Å². The Labute approximate surface area is 159 Å². The maximum absolute atomic E-state index is 5.60. The monoisotopic (exact) mass is 357 g/mol. The third-order valence-electron chi connectivity index (χ3n) is 4.87. The highest BCUT2D eigenvalue weighted by Crippen LogP contribution is 2.28. The average molecular weight is 357 g/mol. The van der Waals surface area contributed by atoms with Crippen molar-refractivity contribution >= 4 is 10.8 Å². The molecule has 1 N–H and O–H groups in total. The van der Waals surface area contributed by atoms with E-state index in [0.29, 0.717) is 0 Å². The summed E-state index contributed by atoms with van der Waals surface area (Å²) in [6.45, 7) is 2.39. The fraction of sp³-hybridized carbons (Fsp3) is 0.174. The molecule has 0 saturated heterocycles. The van der Waals surface area contributed by atoms with Crippen LogP contribution in [0, 0.1) is 0 Å². The number of benzene rings is 3. The summed E-state index contributed by atoms with van der Waals surface area (Å²) in [6, 6.07) is 21.1. The lowest BCUT2D eigenvalue weighted by Crippen LogP contribution is -2.15. The number of imidazole rings is 1. The second-order valence-corrected chi connectivity index (χ2v) is 6.57. The molecule has 0 radical (unpaired) electrons. The van der Waals surface area contributed by atoms with Gasteiger partial charge in [-0.3, -0.25) is 0 Å². The molecule has 0 aliphatic carbocycles. The van der Waals surface area contributed by atoms with Crippen LogP contribution in [0.3, 0.4) is 0 Å². The molecule has 4 heteroatoms. The predicted octanol–water partition coefficient (Wildman–Crippen LogP) is 4.38. The number of hydrogen-bond donors (Lipinski definition) is 1. The van der Waals surface area contributed by atoms with Gasteiger partial charge in [0.05, 0.1) is 13.4 Å². The van der Waals surface area contributed by atoms with E-state index >= 15 is 0 Å². The summed E-state index contributed by atoms with van der Waals surface area (Å²) in [5.74, 6) is 0.924. The maximum atomic E-state index is 5.60. The van der Waals surface area contributed by atoms with Gasteiger partial charge < -0.3 is 14.6 Å². The highest BCUT2D eigenvalue weighted by atomic mass is 16.5. The van der Waals surface area contributed by atoms with Gasteiger partial charge >= 0.3 is 0 Å². The zero-order valence-electron chi connectivity index (χ0n) is 15.4. The summed E-state index contributed by atoms with van der Waals surface area (Å²) in [4.78, 5) is 4.13. The van der Waals surface area contributed by atoms with Crippen molar-refractivity contribution in [2.24, 2.45) is 0 Å². The third-order valence-corrected chi connectivity index (χ3v) is 4.87.